The highest BCUT2D eigenvalue weighted by atomic mass is 32.2. The molecule has 1 aromatic carbocycles. The fourth-order valence-electron chi connectivity index (χ4n) is 3.16. The summed E-state index contributed by atoms with van der Waals surface area (Å²) in [5.41, 5.74) is 0.0655. The summed E-state index contributed by atoms with van der Waals surface area (Å²) in [5.74, 6) is 0.503. The van der Waals surface area contributed by atoms with Gasteiger partial charge < -0.3 is 14.6 Å². The van der Waals surface area contributed by atoms with Gasteiger partial charge in [0.05, 0.1) is 19.6 Å². The fourth-order valence-corrected chi connectivity index (χ4v) is 3.86. The third-order valence-corrected chi connectivity index (χ3v) is 5.12. The summed E-state index contributed by atoms with van der Waals surface area (Å²) in [6, 6.07) is 3.74. The Labute approximate surface area is 129 Å². The first-order valence-corrected chi connectivity index (χ1v) is 8.35. The Hall–Kier alpha value is -1.36. The van der Waals surface area contributed by atoms with Crippen molar-refractivity contribution in [3.8, 4) is 11.5 Å². The zero-order valence-corrected chi connectivity index (χ0v) is 13.6. The van der Waals surface area contributed by atoms with Gasteiger partial charge in [-0.25, -0.2) is 0 Å². The van der Waals surface area contributed by atoms with E-state index in [1.165, 1.54) is 0 Å². The molecule has 0 radical (unpaired) electrons. The standard InChI is InChI=1S/C16H22O4S/c1-19-12-9-11(14(21-3)10-13(12)20-2)16(15(17)18)7-5-4-6-8-16/h9-10H,4-8H2,1-3H3,(H,17,18). The quantitative estimate of drug-likeness (QED) is 0.840. The first kappa shape index (κ1) is 16.0. The van der Waals surface area contributed by atoms with Crippen molar-refractivity contribution in [1.82, 2.24) is 0 Å². The van der Waals surface area contributed by atoms with Crippen LogP contribution in [0.3, 0.4) is 0 Å². The molecule has 0 bridgehead atoms. The van der Waals surface area contributed by atoms with E-state index in [1.54, 1.807) is 26.0 Å². The normalized spacial score (nSPS) is 17.3. The summed E-state index contributed by atoms with van der Waals surface area (Å²) in [4.78, 5) is 13.0. The van der Waals surface area contributed by atoms with Crippen molar-refractivity contribution in [3.05, 3.63) is 17.7 Å². The monoisotopic (exact) mass is 310 g/mol. The number of ether oxygens (including phenoxy) is 2. The average molecular weight is 310 g/mol. The summed E-state index contributed by atoms with van der Waals surface area (Å²) in [5, 5.41) is 9.87. The van der Waals surface area contributed by atoms with Crippen LogP contribution in [0.15, 0.2) is 17.0 Å². The Bertz CT molecular complexity index is 521. The summed E-state index contributed by atoms with van der Waals surface area (Å²) >= 11 is 1.55. The highest BCUT2D eigenvalue weighted by Crippen LogP contribution is 2.46. The topological polar surface area (TPSA) is 55.8 Å². The second-order valence-corrected chi connectivity index (χ2v) is 6.20. The molecule has 0 saturated heterocycles. The lowest BCUT2D eigenvalue weighted by molar-refractivity contribution is -0.145. The van der Waals surface area contributed by atoms with E-state index >= 15 is 0 Å². The number of aliphatic carboxylic acids is 1. The van der Waals surface area contributed by atoms with Gasteiger partial charge in [-0.1, -0.05) is 19.3 Å². The van der Waals surface area contributed by atoms with Crippen molar-refractivity contribution in [2.45, 2.75) is 42.4 Å². The van der Waals surface area contributed by atoms with E-state index in [0.717, 1.165) is 29.7 Å². The zero-order chi connectivity index (χ0) is 15.5. The van der Waals surface area contributed by atoms with Gasteiger partial charge in [-0.05, 0) is 36.8 Å². The lowest BCUT2D eigenvalue weighted by Gasteiger charge is -2.35. The van der Waals surface area contributed by atoms with Crippen molar-refractivity contribution in [2.75, 3.05) is 20.5 Å². The van der Waals surface area contributed by atoms with Gasteiger partial charge in [0.1, 0.15) is 0 Å². The molecule has 0 heterocycles. The van der Waals surface area contributed by atoms with Crippen molar-refractivity contribution in [1.29, 1.82) is 0 Å². The van der Waals surface area contributed by atoms with E-state index in [0.29, 0.717) is 24.3 Å². The predicted molar refractivity (Wildman–Crippen MR) is 83.7 cm³/mol. The smallest absolute Gasteiger partial charge is 0.314 e. The van der Waals surface area contributed by atoms with Gasteiger partial charge in [-0.2, -0.15) is 0 Å². The van der Waals surface area contributed by atoms with Crippen LogP contribution >= 0.6 is 11.8 Å². The molecule has 0 aromatic heterocycles. The molecule has 1 N–H and O–H groups in total. The molecule has 0 amide bonds. The van der Waals surface area contributed by atoms with Gasteiger partial charge in [0.25, 0.3) is 0 Å². The van der Waals surface area contributed by atoms with Crippen molar-refractivity contribution in [2.24, 2.45) is 0 Å². The largest absolute Gasteiger partial charge is 0.493 e. The third kappa shape index (κ3) is 2.84. The second kappa shape index (κ2) is 6.60. The predicted octanol–water partition coefficient (Wildman–Crippen LogP) is 3.71. The highest BCUT2D eigenvalue weighted by molar-refractivity contribution is 7.98. The molecule has 1 saturated carbocycles. The van der Waals surface area contributed by atoms with Crippen molar-refractivity contribution < 1.29 is 19.4 Å². The minimum atomic E-state index is -0.795. The number of carbonyl (C=O) groups is 1. The second-order valence-electron chi connectivity index (χ2n) is 5.36. The van der Waals surface area contributed by atoms with Gasteiger partial charge in [0.15, 0.2) is 11.5 Å². The molecule has 0 unspecified atom stereocenters. The minimum Gasteiger partial charge on any atom is -0.493 e. The molecular weight excluding hydrogens is 288 g/mol. The van der Waals surface area contributed by atoms with E-state index < -0.39 is 11.4 Å². The third-order valence-electron chi connectivity index (χ3n) is 4.34. The van der Waals surface area contributed by atoms with Gasteiger partial charge in [0, 0.05) is 4.90 Å². The van der Waals surface area contributed by atoms with E-state index in [2.05, 4.69) is 0 Å². The maximum Gasteiger partial charge on any atom is 0.314 e. The molecule has 1 aliphatic rings. The summed E-state index contributed by atoms with van der Waals surface area (Å²) in [6.45, 7) is 0. The SMILES string of the molecule is COc1cc(SC)c(C2(C(=O)O)CCCCC2)cc1OC. The number of hydrogen-bond donors (Lipinski definition) is 1. The molecule has 2 rings (SSSR count). The van der Waals surface area contributed by atoms with Crippen LogP contribution in [0.5, 0.6) is 11.5 Å². The lowest BCUT2D eigenvalue weighted by atomic mass is 9.69. The number of methoxy groups -OCH3 is 2. The van der Waals surface area contributed by atoms with E-state index in [9.17, 15) is 9.90 Å². The number of thioether (sulfide) groups is 1. The molecule has 21 heavy (non-hydrogen) atoms. The molecule has 0 atom stereocenters. The molecule has 1 aromatic rings. The highest BCUT2D eigenvalue weighted by Gasteiger charge is 2.43. The van der Waals surface area contributed by atoms with E-state index in [-0.39, 0.29) is 0 Å². The van der Waals surface area contributed by atoms with E-state index in [4.69, 9.17) is 9.47 Å². The van der Waals surface area contributed by atoms with Crippen LogP contribution in [0.1, 0.15) is 37.7 Å². The molecule has 1 fully saturated rings. The summed E-state index contributed by atoms with van der Waals surface area (Å²) in [6.07, 6.45) is 6.35. The minimum absolute atomic E-state index is 0.594. The molecule has 1 aliphatic carbocycles. The number of rotatable bonds is 5. The van der Waals surface area contributed by atoms with Crippen LogP contribution in [0, 0.1) is 0 Å². The van der Waals surface area contributed by atoms with Gasteiger partial charge in [-0.3, -0.25) is 4.79 Å². The first-order chi connectivity index (χ1) is 10.1. The van der Waals surface area contributed by atoms with E-state index in [1.807, 2.05) is 18.4 Å². The summed E-state index contributed by atoms with van der Waals surface area (Å²) in [7, 11) is 3.17. The van der Waals surface area contributed by atoms with Crippen molar-refractivity contribution in [3.63, 3.8) is 0 Å². The Morgan fingerprint density at radius 3 is 2.19 bits per heavy atom. The number of benzene rings is 1. The Balaban J connectivity index is 2.61. The summed E-state index contributed by atoms with van der Waals surface area (Å²) < 4.78 is 10.7. The zero-order valence-electron chi connectivity index (χ0n) is 12.8. The molecule has 116 valence electrons. The van der Waals surface area contributed by atoms with Crippen LogP contribution < -0.4 is 9.47 Å². The Kier molecular flexibility index (Phi) is 5.04. The Morgan fingerprint density at radius 2 is 1.71 bits per heavy atom. The van der Waals surface area contributed by atoms with Gasteiger partial charge in [-0.15, -0.1) is 11.8 Å². The van der Waals surface area contributed by atoms with Crippen LogP contribution in [0.4, 0.5) is 0 Å². The molecule has 5 heteroatoms. The van der Waals surface area contributed by atoms with Crippen LogP contribution in [-0.2, 0) is 10.2 Å². The average Bonchev–Trinajstić information content (AvgIpc) is 2.53. The number of hydrogen-bond acceptors (Lipinski definition) is 4. The first-order valence-electron chi connectivity index (χ1n) is 7.13. The fraction of sp³-hybridized carbons (Fsp3) is 0.562. The van der Waals surface area contributed by atoms with Crippen molar-refractivity contribution >= 4 is 17.7 Å². The molecule has 0 spiro atoms. The molecule has 4 nitrogen and oxygen atoms in total. The van der Waals surface area contributed by atoms with Gasteiger partial charge in [0.2, 0.25) is 0 Å². The number of carboxylic acid groups (broad SMARTS) is 1. The maximum atomic E-state index is 12.0. The molecule has 0 aliphatic heterocycles. The number of carboxylic acids is 1. The lowest BCUT2D eigenvalue weighted by Crippen LogP contribution is -2.38. The Morgan fingerprint density at radius 1 is 1.14 bits per heavy atom. The van der Waals surface area contributed by atoms with Crippen LogP contribution in [0.25, 0.3) is 0 Å². The van der Waals surface area contributed by atoms with Gasteiger partial charge >= 0.3 is 5.97 Å². The molecular formula is C16H22O4S. The van der Waals surface area contributed by atoms with Crippen LogP contribution in [0.2, 0.25) is 0 Å². The van der Waals surface area contributed by atoms with Crippen LogP contribution in [-0.4, -0.2) is 31.6 Å². The maximum absolute atomic E-state index is 12.0.